The number of anilines is 1. The van der Waals surface area contributed by atoms with E-state index in [1.165, 1.54) is 13.0 Å². The number of amides is 2. The first-order valence-corrected chi connectivity index (χ1v) is 9.88. The van der Waals surface area contributed by atoms with Crippen molar-refractivity contribution < 1.29 is 24.6 Å². The zero-order valence-corrected chi connectivity index (χ0v) is 17.3. The first-order chi connectivity index (χ1) is 13.6. The number of halogens is 1. The second kappa shape index (κ2) is 6.67. The molecule has 0 aromatic heterocycles. The van der Waals surface area contributed by atoms with Crippen LogP contribution in [-0.2, 0) is 14.4 Å². The van der Waals surface area contributed by atoms with Gasteiger partial charge in [-0.3, -0.25) is 19.7 Å². The molecule has 2 aliphatic rings. The van der Waals surface area contributed by atoms with Crippen molar-refractivity contribution in [3.8, 4) is 5.75 Å². The summed E-state index contributed by atoms with van der Waals surface area (Å²) < 4.78 is 0.667. The van der Waals surface area contributed by atoms with Crippen LogP contribution in [0.2, 0.25) is 0 Å². The lowest BCUT2D eigenvalue weighted by Gasteiger charge is -2.27. The van der Waals surface area contributed by atoms with Crippen LogP contribution in [0, 0.1) is 18.8 Å². The second-order valence-corrected chi connectivity index (χ2v) is 8.60. The summed E-state index contributed by atoms with van der Waals surface area (Å²) in [5.41, 5.74) is 0.00138. The highest BCUT2D eigenvalue weighted by Gasteiger charge is 2.67. The number of phenolic OH excluding ortho intramolecular Hbond substituents is 1. The molecule has 8 heteroatoms. The lowest BCUT2D eigenvalue weighted by atomic mass is 9.80. The number of carboxylic acids is 1. The number of fused-ring (bicyclic) bond motifs is 1. The molecule has 7 nitrogen and oxygen atoms in total. The summed E-state index contributed by atoms with van der Waals surface area (Å²) in [5.74, 6) is -4.39. The van der Waals surface area contributed by atoms with Crippen LogP contribution in [0.25, 0.3) is 0 Å². The van der Waals surface area contributed by atoms with Crippen molar-refractivity contribution >= 4 is 39.4 Å². The zero-order chi connectivity index (χ0) is 21.1. The van der Waals surface area contributed by atoms with Crippen LogP contribution in [-0.4, -0.2) is 33.5 Å². The Morgan fingerprint density at radius 1 is 1.17 bits per heavy atom. The minimum absolute atomic E-state index is 0.0756. The van der Waals surface area contributed by atoms with E-state index in [0.717, 1.165) is 10.5 Å². The molecule has 150 valence electrons. The molecule has 2 saturated heterocycles. The van der Waals surface area contributed by atoms with E-state index in [-0.39, 0.29) is 5.75 Å². The standard InChI is InChI=1S/C21H19BrN2O5/c1-10-4-3-5-12(8-10)24-18(26)15-16(19(24)27)21(2,20(28)29)23-17(15)13-9-11(22)6-7-14(13)25/h3-9,15-17,23,25H,1-2H3,(H,28,29)/t15-,16-,17-,21+/m0/s1. The molecular weight excluding hydrogens is 440 g/mol. The minimum Gasteiger partial charge on any atom is -0.508 e. The molecule has 4 atom stereocenters. The van der Waals surface area contributed by atoms with E-state index in [0.29, 0.717) is 15.7 Å². The molecule has 3 N–H and O–H groups in total. The van der Waals surface area contributed by atoms with Gasteiger partial charge >= 0.3 is 5.97 Å². The first-order valence-electron chi connectivity index (χ1n) is 9.09. The van der Waals surface area contributed by atoms with Gasteiger partial charge in [0.25, 0.3) is 0 Å². The number of imide groups is 1. The van der Waals surface area contributed by atoms with Crippen molar-refractivity contribution in [2.45, 2.75) is 25.4 Å². The van der Waals surface area contributed by atoms with Crippen molar-refractivity contribution in [1.29, 1.82) is 0 Å². The molecule has 0 unspecified atom stereocenters. The molecule has 0 bridgehead atoms. The number of nitrogens with zero attached hydrogens (tertiary/aromatic N) is 1. The van der Waals surface area contributed by atoms with E-state index in [4.69, 9.17) is 0 Å². The molecule has 2 aliphatic heterocycles. The maximum atomic E-state index is 13.4. The van der Waals surface area contributed by atoms with Crippen LogP contribution in [0.1, 0.15) is 24.1 Å². The van der Waals surface area contributed by atoms with Gasteiger partial charge in [0.05, 0.1) is 17.5 Å². The van der Waals surface area contributed by atoms with E-state index in [1.54, 1.807) is 30.3 Å². The molecule has 0 spiro atoms. The predicted octanol–water partition coefficient (Wildman–Crippen LogP) is 2.76. The lowest BCUT2D eigenvalue weighted by molar-refractivity contribution is -0.147. The van der Waals surface area contributed by atoms with Crippen molar-refractivity contribution in [2.24, 2.45) is 11.8 Å². The Balaban J connectivity index is 1.86. The van der Waals surface area contributed by atoms with E-state index in [1.807, 2.05) is 13.0 Å². The Morgan fingerprint density at radius 2 is 1.90 bits per heavy atom. The Hall–Kier alpha value is -2.71. The number of rotatable bonds is 3. The normalized spacial score (nSPS) is 28.7. The second-order valence-electron chi connectivity index (χ2n) is 7.69. The number of hydrogen-bond donors (Lipinski definition) is 3. The minimum atomic E-state index is -1.66. The van der Waals surface area contributed by atoms with Crippen LogP contribution in [0.15, 0.2) is 46.9 Å². The number of hydrogen-bond acceptors (Lipinski definition) is 5. The highest BCUT2D eigenvalue weighted by atomic mass is 79.9. The lowest BCUT2D eigenvalue weighted by Crippen LogP contribution is -2.53. The molecule has 2 amide bonds. The van der Waals surface area contributed by atoms with E-state index in [2.05, 4.69) is 21.2 Å². The number of carboxylic acid groups (broad SMARTS) is 1. The maximum Gasteiger partial charge on any atom is 0.324 e. The first kappa shape index (κ1) is 19.6. The Morgan fingerprint density at radius 3 is 2.55 bits per heavy atom. The zero-order valence-electron chi connectivity index (χ0n) is 15.7. The molecule has 0 radical (unpaired) electrons. The third kappa shape index (κ3) is 2.86. The van der Waals surface area contributed by atoms with Gasteiger partial charge in [0.15, 0.2) is 0 Å². The third-order valence-corrected chi connectivity index (χ3v) is 6.31. The van der Waals surface area contributed by atoms with Gasteiger partial charge in [-0.05, 0) is 49.7 Å². The number of phenols is 1. The highest BCUT2D eigenvalue weighted by Crippen LogP contribution is 2.51. The Kier molecular flexibility index (Phi) is 4.51. The van der Waals surface area contributed by atoms with Crippen LogP contribution in [0.4, 0.5) is 5.69 Å². The van der Waals surface area contributed by atoms with Crippen molar-refractivity contribution in [3.05, 3.63) is 58.1 Å². The topological polar surface area (TPSA) is 107 Å². The van der Waals surface area contributed by atoms with Crippen LogP contribution in [0.3, 0.4) is 0 Å². The smallest absolute Gasteiger partial charge is 0.324 e. The number of carbonyl (C=O) groups excluding carboxylic acids is 2. The number of aliphatic carboxylic acids is 1. The number of benzene rings is 2. The summed E-state index contributed by atoms with van der Waals surface area (Å²) in [6.07, 6.45) is 0. The van der Waals surface area contributed by atoms with Gasteiger partial charge in [0, 0.05) is 16.1 Å². The molecule has 2 aromatic carbocycles. The van der Waals surface area contributed by atoms with Gasteiger partial charge in [-0.15, -0.1) is 0 Å². The van der Waals surface area contributed by atoms with Crippen LogP contribution >= 0.6 is 15.9 Å². The average molecular weight is 459 g/mol. The fourth-order valence-corrected chi connectivity index (χ4v) is 4.78. The summed E-state index contributed by atoms with van der Waals surface area (Å²) in [7, 11) is 0. The summed E-state index contributed by atoms with van der Waals surface area (Å²) in [5, 5.41) is 23.2. The van der Waals surface area contributed by atoms with Crippen molar-refractivity contribution in [1.82, 2.24) is 5.32 Å². The van der Waals surface area contributed by atoms with Gasteiger partial charge < -0.3 is 10.2 Å². The van der Waals surface area contributed by atoms with Gasteiger partial charge in [-0.25, -0.2) is 4.90 Å². The van der Waals surface area contributed by atoms with Gasteiger partial charge in [0.1, 0.15) is 11.3 Å². The van der Waals surface area contributed by atoms with Gasteiger partial charge in [-0.2, -0.15) is 0 Å². The van der Waals surface area contributed by atoms with Crippen LogP contribution < -0.4 is 10.2 Å². The summed E-state index contributed by atoms with van der Waals surface area (Å²) in [6.45, 7) is 3.26. The van der Waals surface area contributed by atoms with E-state index < -0.39 is 41.2 Å². The van der Waals surface area contributed by atoms with Gasteiger partial charge in [0.2, 0.25) is 11.8 Å². The highest BCUT2D eigenvalue weighted by molar-refractivity contribution is 9.10. The third-order valence-electron chi connectivity index (χ3n) is 5.82. The summed E-state index contributed by atoms with van der Waals surface area (Å²) in [6, 6.07) is 10.9. The fraction of sp³-hybridized carbons (Fsp3) is 0.286. The Labute approximate surface area is 175 Å². The number of carbonyl (C=O) groups is 3. The molecule has 4 rings (SSSR count). The number of aromatic hydroxyl groups is 1. The molecule has 0 saturated carbocycles. The van der Waals surface area contributed by atoms with Crippen LogP contribution in [0.5, 0.6) is 5.75 Å². The van der Waals surface area contributed by atoms with E-state index in [9.17, 15) is 24.6 Å². The monoisotopic (exact) mass is 458 g/mol. The summed E-state index contributed by atoms with van der Waals surface area (Å²) in [4.78, 5) is 39.9. The van der Waals surface area contributed by atoms with Gasteiger partial charge in [-0.1, -0.05) is 28.1 Å². The number of aryl methyl sites for hydroxylation is 1. The average Bonchev–Trinajstić information content (AvgIpc) is 3.11. The maximum absolute atomic E-state index is 13.4. The predicted molar refractivity (Wildman–Crippen MR) is 108 cm³/mol. The molecule has 0 aliphatic carbocycles. The quantitative estimate of drug-likeness (QED) is 0.610. The summed E-state index contributed by atoms with van der Waals surface area (Å²) >= 11 is 3.34. The molecule has 2 aromatic rings. The van der Waals surface area contributed by atoms with Crippen molar-refractivity contribution in [3.63, 3.8) is 0 Å². The van der Waals surface area contributed by atoms with Crippen molar-refractivity contribution in [2.75, 3.05) is 4.90 Å². The Bertz CT molecular complexity index is 1060. The molecule has 2 heterocycles. The molecule has 2 fully saturated rings. The largest absolute Gasteiger partial charge is 0.508 e. The molecular formula is C21H19BrN2O5. The SMILES string of the molecule is Cc1cccc(N2C(=O)[C@H]3[C@@H](C2=O)[C@](C)(C(=O)O)N[C@H]3c2cc(Br)ccc2O)c1. The fourth-order valence-electron chi connectivity index (χ4n) is 4.40. The molecule has 29 heavy (non-hydrogen) atoms. The number of nitrogens with one attached hydrogen (secondary N) is 1. The van der Waals surface area contributed by atoms with E-state index >= 15 is 0 Å².